The number of ether oxygens (including phenoxy) is 2. The zero-order valence-electron chi connectivity index (χ0n) is 21.7. The molecule has 3 atom stereocenters. The number of hydrogen-bond donors (Lipinski definition) is 1. The van der Waals surface area contributed by atoms with E-state index >= 15 is 0 Å². The van der Waals surface area contributed by atoms with E-state index in [0.717, 1.165) is 18.8 Å². The van der Waals surface area contributed by atoms with Gasteiger partial charge in [0.25, 0.3) is 0 Å². The van der Waals surface area contributed by atoms with E-state index in [1.807, 2.05) is 46.8 Å². The molecule has 34 heavy (non-hydrogen) atoms. The van der Waals surface area contributed by atoms with Gasteiger partial charge >= 0.3 is 6.09 Å². The van der Waals surface area contributed by atoms with Crippen LogP contribution in [0.15, 0.2) is 18.3 Å². The van der Waals surface area contributed by atoms with E-state index in [2.05, 4.69) is 33.9 Å². The minimum absolute atomic E-state index is 0.0393. The predicted molar refractivity (Wildman–Crippen MR) is 133 cm³/mol. The van der Waals surface area contributed by atoms with Gasteiger partial charge < -0.3 is 24.6 Å². The topological polar surface area (TPSA) is 87.2 Å². The Morgan fingerprint density at radius 1 is 1.09 bits per heavy atom. The third-order valence-corrected chi connectivity index (χ3v) is 6.04. The Labute approximate surface area is 203 Å². The first-order valence-corrected chi connectivity index (χ1v) is 12.3. The van der Waals surface area contributed by atoms with E-state index in [9.17, 15) is 9.59 Å². The number of carbonyl (C=O) groups excluding carboxylic acids is 2. The molecule has 2 aliphatic rings. The van der Waals surface area contributed by atoms with Crippen molar-refractivity contribution in [3.05, 3.63) is 18.3 Å². The van der Waals surface area contributed by atoms with Crippen LogP contribution in [-0.4, -0.2) is 89.9 Å². The maximum atomic E-state index is 13.2. The molecule has 2 aliphatic heterocycles. The Kier molecular flexibility index (Phi) is 8.41. The summed E-state index contributed by atoms with van der Waals surface area (Å²) >= 11 is 0. The minimum Gasteiger partial charge on any atom is -0.444 e. The quantitative estimate of drug-likeness (QED) is 0.700. The molecule has 2 fully saturated rings. The van der Waals surface area contributed by atoms with Gasteiger partial charge in [0.15, 0.2) is 0 Å². The van der Waals surface area contributed by atoms with Gasteiger partial charge in [-0.15, -0.1) is 0 Å². The van der Waals surface area contributed by atoms with Crippen molar-refractivity contribution in [1.29, 1.82) is 0 Å². The van der Waals surface area contributed by atoms with Crippen molar-refractivity contribution >= 4 is 23.5 Å². The van der Waals surface area contributed by atoms with Gasteiger partial charge in [-0.3, -0.25) is 9.69 Å². The van der Waals surface area contributed by atoms with Crippen LogP contribution in [0.3, 0.4) is 0 Å². The molecule has 0 saturated carbocycles. The number of carbonyl (C=O) groups is 2. The molecule has 190 valence electrons. The first kappa shape index (κ1) is 26.2. The van der Waals surface area contributed by atoms with Gasteiger partial charge in [-0.2, -0.15) is 0 Å². The lowest BCUT2D eigenvalue weighted by molar-refractivity contribution is -0.130. The van der Waals surface area contributed by atoms with Gasteiger partial charge in [0, 0.05) is 39.3 Å². The van der Waals surface area contributed by atoms with Crippen LogP contribution in [0.2, 0.25) is 0 Å². The molecule has 3 rings (SSSR count). The summed E-state index contributed by atoms with van der Waals surface area (Å²) in [4.78, 5) is 36.1. The Morgan fingerprint density at radius 2 is 1.71 bits per heavy atom. The Bertz CT molecular complexity index is 821. The fourth-order valence-corrected chi connectivity index (χ4v) is 4.66. The van der Waals surface area contributed by atoms with Gasteiger partial charge in [-0.1, -0.05) is 13.8 Å². The van der Waals surface area contributed by atoms with Crippen molar-refractivity contribution < 1.29 is 19.1 Å². The number of piperazine rings is 1. The molecule has 3 heterocycles. The molecule has 1 aromatic rings. The number of nitrogens with one attached hydrogen (secondary N) is 1. The van der Waals surface area contributed by atoms with Crippen molar-refractivity contribution in [3.8, 4) is 0 Å². The van der Waals surface area contributed by atoms with Crippen LogP contribution in [-0.2, 0) is 14.3 Å². The monoisotopic (exact) mass is 475 g/mol. The molecule has 9 nitrogen and oxygen atoms in total. The molecular formula is C25H41N5O4. The number of aromatic nitrogens is 1. The van der Waals surface area contributed by atoms with E-state index in [4.69, 9.17) is 9.47 Å². The maximum absolute atomic E-state index is 13.2. The summed E-state index contributed by atoms with van der Waals surface area (Å²) in [6, 6.07) is 3.57. The summed E-state index contributed by atoms with van der Waals surface area (Å²) in [5, 5.41) is 3.00. The summed E-state index contributed by atoms with van der Waals surface area (Å²) < 4.78 is 11.3. The van der Waals surface area contributed by atoms with Crippen LogP contribution in [0, 0.1) is 5.92 Å². The summed E-state index contributed by atoms with van der Waals surface area (Å²) in [6.45, 7) is 17.9. The van der Waals surface area contributed by atoms with Crippen molar-refractivity contribution in [3.63, 3.8) is 0 Å². The summed E-state index contributed by atoms with van der Waals surface area (Å²) in [7, 11) is 0. The number of morpholine rings is 1. The summed E-state index contributed by atoms with van der Waals surface area (Å²) in [5.74, 6) is 0.668. The molecule has 9 heteroatoms. The van der Waals surface area contributed by atoms with Crippen molar-refractivity contribution in [2.75, 3.05) is 49.5 Å². The third-order valence-electron chi connectivity index (χ3n) is 6.04. The molecule has 0 aromatic carbocycles. The van der Waals surface area contributed by atoms with Gasteiger partial charge in [-0.25, -0.2) is 9.78 Å². The second-order valence-electron chi connectivity index (χ2n) is 10.7. The van der Waals surface area contributed by atoms with Gasteiger partial charge in [0.05, 0.1) is 30.1 Å². The Hall–Kier alpha value is -2.39. The molecule has 0 spiro atoms. The van der Waals surface area contributed by atoms with E-state index in [-0.39, 0.29) is 36.2 Å². The second-order valence-corrected chi connectivity index (χ2v) is 10.7. The summed E-state index contributed by atoms with van der Waals surface area (Å²) in [5.41, 5.74) is 0.476. The molecule has 0 aliphatic carbocycles. The maximum Gasteiger partial charge on any atom is 0.410 e. The Balaban J connectivity index is 1.56. The fourth-order valence-electron chi connectivity index (χ4n) is 4.66. The van der Waals surface area contributed by atoms with E-state index in [0.29, 0.717) is 32.0 Å². The molecule has 0 bridgehead atoms. The highest BCUT2D eigenvalue weighted by molar-refractivity contribution is 5.94. The van der Waals surface area contributed by atoms with E-state index < -0.39 is 5.60 Å². The fraction of sp³-hybridized carbons (Fsp3) is 0.720. The molecule has 2 saturated heterocycles. The lowest BCUT2D eigenvalue weighted by Gasteiger charge is -2.40. The average molecular weight is 476 g/mol. The van der Waals surface area contributed by atoms with Gasteiger partial charge in [0.2, 0.25) is 5.91 Å². The van der Waals surface area contributed by atoms with Crippen LogP contribution in [0.1, 0.15) is 48.5 Å². The number of amides is 2. The zero-order chi connectivity index (χ0) is 25.0. The van der Waals surface area contributed by atoms with Crippen LogP contribution >= 0.6 is 0 Å². The lowest BCUT2D eigenvalue weighted by atomic mass is 9.99. The predicted octanol–water partition coefficient (Wildman–Crippen LogP) is 3.21. The average Bonchev–Trinajstić information content (AvgIpc) is 2.72. The Morgan fingerprint density at radius 3 is 2.21 bits per heavy atom. The van der Waals surface area contributed by atoms with Crippen molar-refractivity contribution in [1.82, 2.24) is 14.8 Å². The highest BCUT2D eigenvalue weighted by Crippen LogP contribution is 2.22. The standard InChI is InChI=1S/C25H41N5O4/c1-17(2)22(30-15-18(3)33-19(4)16-30)23(31)27-21-9-8-20(14-26-21)28-10-12-29(13-11-28)24(32)34-25(5,6)7/h8-9,14,17-19,22H,10-13,15-16H2,1-7H3,(H,26,27,31). The van der Waals surface area contributed by atoms with Gasteiger partial charge in [0.1, 0.15) is 11.4 Å². The summed E-state index contributed by atoms with van der Waals surface area (Å²) in [6.07, 6.45) is 1.71. The number of anilines is 2. The number of rotatable bonds is 5. The minimum atomic E-state index is -0.495. The molecule has 2 amide bonds. The van der Waals surface area contributed by atoms with Crippen LogP contribution in [0.5, 0.6) is 0 Å². The van der Waals surface area contributed by atoms with Crippen LogP contribution in [0.25, 0.3) is 0 Å². The molecule has 1 aromatic heterocycles. The third kappa shape index (κ3) is 7.06. The van der Waals surface area contributed by atoms with Crippen molar-refractivity contribution in [2.45, 2.75) is 72.3 Å². The largest absolute Gasteiger partial charge is 0.444 e. The first-order chi connectivity index (χ1) is 15.9. The lowest BCUT2D eigenvalue weighted by Crippen LogP contribution is -2.55. The van der Waals surface area contributed by atoms with Gasteiger partial charge in [-0.05, 0) is 52.7 Å². The normalized spacial score (nSPS) is 23.1. The molecule has 1 N–H and O–H groups in total. The zero-order valence-corrected chi connectivity index (χ0v) is 21.7. The highest BCUT2D eigenvalue weighted by atomic mass is 16.6. The van der Waals surface area contributed by atoms with Crippen LogP contribution < -0.4 is 10.2 Å². The number of hydrogen-bond acceptors (Lipinski definition) is 7. The van der Waals surface area contributed by atoms with E-state index in [1.54, 1.807) is 11.1 Å². The second kappa shape index (κ2) is 10.9. The smallest absolute Gasteiger partial charge is 0.410 e. The SMILES string of the molecule is CC1CN(C(C(=O)Nc2ccc(N3CCN(C(=O)OC(C)(C)C)CC3)cn2)C(C)C)CC(C)O1. The molecular weight excluding hydrogens is 434 g/mol. The van der Waals surface area contributed by atoms with Crippen molar-refractivity contribution in [2.24, 2.45) is 5.92 Å². The molecule has 0 radical (unpaired) electrons. The first-order valence-electron chi connectivity index (χ1n) is 12.3. The van der Waals surface area contributed by atoms with E-state index in [1.165, 1.54) is 0 Å². The molecule has 3 unspecified atom stereocenters. The number of pyridine rings is 1. The highest BCUT2D eigenvalue weighted by Gasteiger charge is 2.34. The number of nitrogens with zero attached hydrogens (tertiary/aromatic N) is 4. The van der Waals surface area contributed by atoms with Crippen LogP contribution in [0.4, 0.5) is 16.3 Å².